The average Bonchev–Trinajstić information content (AvgIpc) is 2.23. The minimum atomic E-state index is -0.0597. The molecule has 1 amide bonds. The molecule has 1 heterocycles. The van der Waals surface area contributed by atoms with E-state index in [4.69, 9.17) is 23.2 Å². The number of nitrogens with zero attached hydrogens (tertiary/aromatic N) is 2. The van der Waals surface area contributed by atoms with Crippen LogP contribution in [0.1, 0.15) is 30.6 Å². The van der Waals surface area contributed by atoms with Crippen LogP contribution in [0.25, 0.3) is 0 Å². The number of amides is 1. The van der Waals surface area contributed by atoms with E-state index in [0.717, 1.165) is 13.0 Å². The standard InChI is InChI=1S/C11H14Cl2N2O/c1-3-5-15(4-2)11(16)8-6-9(12)14-10(13)7-8/h6-7H,3-5H2,1-2H3. The molecule has 0 aromatic carbocycles. The fourth-order valence-corrected chi connectivity index (χ4v) is 1.90. The van der Waals surface area contributed by atoms with Crippen LogP contribution in [0, 0.1) is 0 Å². The van der Waals surface area contributed by atoms with Gasteiger partial charge in [-0.2, -0.15) is 0 Å². The van der Waals surface area contributed by atoms with Crippen LogP contribution >= 0.6 is 23.2 Å². The van der Waals surface area contributed by atoms with E-state index < -0.39 is 0 Å². The summed E-state index contributed by atoms with van der Waals surface area (Å²) in [6.45, 7) is 5.37. The molecule has 1 aromatic heterocycles. The maximum atomic E-state index is 12.1. The number of carbonyl (C=O) groups is 1. The first kappa shape index (κ1) is 13.3. The van der Waals surface area contributed by atoms with Crippen LogP contribution in [0.4, 0.5) is 0 Å². The van der Waals surface area contributed by atoms with Gasteiger partial charge in [-0.25, -0.2) is 4.98 Å². The highest BCUT2D eigenvalue weighted by Crippen LogP contribution is 2.16. The Morgan fingerprint density at radius 2 is 1.88 bits per heavy atom. The van der Waals surface area contributed by atoms with Gasteiger partial charge >= 0.3 is 0 Å². The molecule has 0 fully saturated rings. The topological polar surface area (TPSA) is 33.2 Å². The largest absolute Gasteiger partial charge is 0.339 e. The van der Waals surface area contributed by atoms with Crippen molar-refractivity contribution < 1.29 is 4.79 Å². The zero-order valence-electron chi connectivity index (χ0n) is 9.33. The maximum absolute atomic E-state index is 12.1. The first-order valence-corrected chi connectivity index (χ1v) is 5.96. The minimum Gasteiger partial charge on any atom is -0.339 e. The number of carbonyl (C=O) groups excluding carboxylic acids is 1. The summed E-state index contributed by atoms with van der Waals surface area (Å²) in [5.41, 5.74) is 0.486. The molecule has 5 heteroatoms. The van der Waals surface area contributed by atoms with Gasteiger partial charge in [0.05, 0.1) is 0 Å². The highest BCUT2D eigenvalue weighted by atomic mass is 35.5. The number of aromatic nitrogens is 1. The van der Waals surface area contributed by atoms with E-state index in [9.17, 15) is 4.79 Å². The fraction of sp³-hybridized carbons (Fsp3) is 0.455. The summed E-state index contributed by atoms with van der Waals surface area (Å²) in [6.07, 6.45) is 0.923. The lowest BCUT2D eigenvalue weighted by molar-refractivity contribution is 0.0764. The molecule has 88 valence electrons. The van der Waals surface area contributed by atoms with Gasteiger partial charge < -0.3 is 4.90 Å². The Hall–Kier alpha value is -0.800. The molecule has 16 heavy (non-hydrogen) atoms. The van der Waals surface area contributed by atoms with E-state index in [2.05, 4.69) is 4.98 Å². The van der Waals surface area contributed by atoms with E-state index in [1.807, 2.05) is 13.8 Å². The Morgan fingerprint density at radius 3 is 2.31 bits per heavy atom. The third-order valence-corrected chi connectivity index (χ3v) is 2.56. The molecule has 0 spiro atoms. The van der Waals surface area contributed by atoms with Gasteiger partial charge in [0.25, 0.3) is 5.91 Å². The Morgan fingerprint density at radius 1 is 1.31 bits per heavy atom. The summed E-state index contributed by atoms with van der Waals surface area (Å²) < 4.78 is 0. The number of halogens is 2. The van der Waals surface area contributed by atoms with E-state index in [0.29, 0.717) is 12.1 Å². The van der Waals surface area contributed by atoms with Crippen LogP contribution in [-0.4, -0.2) is 28.9 Å². The smallest absolute Gasteiger partial charge is 0.254 e. The SMILES string of the molecule is CCCN(CC)C(=O)c1cc(Cl)nc(Cl)c1. The van der Waals surface area contributed by atoms with Gasteiger partial charge in [-0.15, -0.1) is 0 Å². The minimum absolute atomic E-state index is 0.0597. The van der Waals surface area contributed by atoms with Crippen molar-refractivity contribution in [1.82, 2.24) is 9.88 Å². The van der Waals surface area contributed by atoms with E-state index in [-0.39, 0.29) is 16.2 Å². The second kappa shape index (κ2) is 6.06. The van der Waals surface area contributed by atoms with E-state index in [1.165, 1.54) is 12.1 Å². The molecular weight excluding hydrogens is 247 g/mol. The highest BCUT2D eigenvalue weighted by molar-refractivity contribution is 6.33. The first-order valence-electron chi connectivity index (χ1n) is 5.20. The van der Waals surface area contributed by atoms with Gasteiger partial charge in [-0.05, 0) is 25.5 Å². The molecule has 0 saturated heterocycles. The van der Waals surface area contributed by atoms with Gasteiger partial charge in [-0.3, -0.25) is 4.79 Å². The number of hydrogen-bond donors (Lipinski definition) is 0. The average molecular weight is 261 g/mol. The van der Waals surface area contributed by atoms with Gasteiger partial charge in [0.2, 0.25) is 0 Å². The summed E-state index contributed by atoms with van der Waals surface area (Å²) in [4.78, 5) is 17.6. The Bertz CT molecular complexity index is 362. The van der Waals surface area contributed by atoms with Crippen molar-refractivity contribution in [2.24, 2.45) is 0 Å². The number of rotatable bonds is 4. The summed E-state index contributed by atoms with van der Waals surface area (Å²) >= 11 is 11.5. The number of hydrogen-bond acceptors (Lipinski definition) is 2. The van der Waals surface area contributed by atoms with Crippen LogP contribution < -0.4 is 0 Å². The summed E-state index contributed by atoms with van der Waals surface area (Å²) in [6, 6.07) is 3.07. The summed E-state index contributed by atoms with van der Waals surface area (Å²) in [5, 5.41) is 0.479. The van der Waals surface area contributed by atoms with Gasteiger partial charge in [0, 0.05) is 18.7 Å². The molecule has 0 unspecified atom stereocenters. The van der Waals surface area contributed by atoms with Crippen molar-refractivity contribution in [3.63, 3.8) is 0 Å². The molecule has 1 rings (SSSR count). The van der Waals surface area contributed by atoms with Crippen molar-refractivity contribution in [2.75, 3.05) is 13.1 Å². The van der Waals surface area contributed by atoms with Crippen molar-refractivity contribution in [3.8, 4) is 0 Å². The predicted octanol–water partition coefficient (Wildman–Crippen LogP) is 3.26. The van der Waals surface area contributed by atoms with Gasteiger partial charge in [0.1, 0.15) is 10.3 Å². The normalized spacial score (nSPS) is 10.2. The molecule has 3 nitrogen and oxygen atoms in total. The lowest BCUT2D eigenvalue weighted by atomic mass is 10.2. The van der Waals surface area contributed by atoms with Crippen LogP contribution in [0.2, 0.25) is 10.3 Å². The van der Waals surface area contributed by atoms with Crippen molar-refractivity contribution in [3.05, 3.63) is 28.0 Å². The van der Waals surface area contributed by atoms with Gasteiger partial charge in [0.15, 0.2) is 0 Å². The molecule has 0 saturated carbocycles. The molecule has 0 aliphatic carbocycles. The van der Waals surface area contributed by atoms with Crippen LogP contribution in [0.15, 0.2) is 12.1 Å². The Kier molecular flexibility index (Phi) is 5.03. The molecule has 0 N–H and O–H groups in total. The molecule has 0 radical (unpaired) electrons. The highest BCUT2D eigenvalue weighted by Gasteiger charge is 2.14. The molecule has 0 aliphatic rings. The quantitative estimate of drug-likeness (QED) is 0.779. The van der Waals surface area contributed by atoms with Gasteiger partial charge in [-0.1, -0.05) is 30.1 Å². The first-order chi connectivity index (χ1) is 7.58. The molecular formula is C11H14Cl2N2O. The fourth-order valence-electron chi connectivity index (χ4n) is 1.44. The number of pyridine rings is 1. The van der Waals surface area contributed by atoms with Crippen LogP contribution in [-0.2, 0) is 0 Å². The lowest BCUT2D eigenvalue weighted by Crippen LogP contribution is -2.31. The zero-order chi connectivity index (χ0) is 12.1. The van der Waals surface area contributed by atoms with Crippen molar-refractivity contribution in [2.45, 2.75) is 20.3 Å². The van der Waals surface area contributed by atoms with Crippen LogP contribution in [0.3, 0.4) is 0 Å². The molecule has 0 aliphatic heterocycles. The van der Waals surface area contributed by atoms with Crippen molar-refractivity contribution >= 4 is 29.1 Å². The summed E-state index contributed by atoms with van der Waals surface area (Å²) in [5.74, 6) is -0.0597. The van der Waals surface area contributed by atoms with E-state index in [1.54, 1.807) is 4.90 Å². The molecule has 0 bridgehead atoms. The Balaban J connectivity index is 2.94. The Labute approximate surface area is 105 Å². The third-order valence-electron chi connectivity index (χ3n) is 2.17. The molecule has 0 atom stereocenters. The monoisotopic (exact) mass is 260 g/mol. The summed E-state index contributed by atoms with van der Waals surface area (Å²) in [7, 11) is 0. The van der Waals surface area contributed by atoms with Crippen LogP contribution in [0.5, 0.6) is 0 Å². The lowest BCUT2D eigenvalue weighted by Gasteiger charge is -2.20. The van der Waals surface area contributed by atoms with E-state index >= 15 is 0 Å². The molecule has 1 aromatic rings. The third kappa shape index (κ3) is 3.35. The zero-order valence-corrected chi connectivity index (χ0v) is 10.8. The predicted molar refractivity (Wildman–Crippen MR) is 66.1 cm³/mol. The second-order valence-electron chi connectivity index (χ2n) is 3.39. The van der Waals surface area contributed by atoms with Crippen molar-refractivity contribution in [1.29, 1.82) is 0 Å². The maximum Gasteiger partial charge on any atom is 0.254 e. The second-order valence-corrected chi connectivity index (χ2v) is 4.16.